The highest BCUT2D eigenvalue weighted by Gasteiger charge is 2.25. The van der Waals surface area contributed by atoms with Crippen molar-refractivity contribution in [2.75, 3.05) is 5.32 Å². The van der Waals surface area contributed by atoms with E-state index in [2.05, 4.69) is 15.4 Å². The van der Waals surface area contributed by atoms with Crippen LogP contribution in [-0.4, -0.2) is 20.7 Å². The van der Waals surface area contributed by atoms with Crippen LogP contribution in [0.2, 0.25) is 5.02 Å². The zero-order valence-electron chi connectivity index (χ0n) is 16.7. The maximum atomic E-state index is 13.4. The van der Waals surface area contributed by atoms with Crippen molar-refractivity contribution in [2.45, 2.75) is 13.5 Å². The predicted octanol–water partition coefficient (Wildman–Crippen LogP) is 4.90. The summed E-state index contributed by atoms with van der Waals surface area (Å²) in [5, 5.41) is 7.72. The number of rotatable bonds is 5. The van der Waals surface area contributed by atoms with Gasteiger partial charge in [-0.3, -0.25) is 9.59 Å². The second-order valence-electron chi connectivity index (χ2n) is 6.76. The molecule has 6 nitrogen and oxygen atoms in total. The van der Waals surface area contributed by atoms with E-state index in [9.17, 15) is 9.59 Å². The zero-order chi connectivity index (χ0) is 21.8. The molecule has 0 unspecified atom stereocenters. The second-order valence-corrected chi connectivity index (χ2v) is 7.20. The van der Waals surface area contributed by atoms with Crippen LogP contribution in [-0.2, 0) is 6.54 Å². The van der Waals surface area contributed by atoms with E-state index in [1.54, 1.807) is 6.07 Å². The Morgan fingerprint density at radius 3 is 2.26 bits per heavy atom. The number of pyridine rings is 1. The summed E-state index contributed by atoms with van der Waals surface area (Å²) in [4.78, 5) is 30.7. The Bertz CT molecular complexity index is 1290. The summed E-state index contributed by atoms with van der Waals surface area (Å²) < 4.78 is 1.30. The largest absolute Gasteiger partial charge is 0.306 e. The molecular weight excluding hydrogens is 412 g/mol. The number of aryl methyl sites for hydroxylation is 1. The van der Waals surface area contributed by atoms with Crippen molar-refractivity contribution in [1.29, 1.82) is 0 Å². The lowest BCUT2D eigenvalue weighted by atomic mass is 9.95. The van der Waals surface area contributed by atoms with Crippen molar-refractivity contribution >= 4 is 23.3 Å². The first-order chi connectivity index (χ1) is 15.1. The maximum absolute atomic E-state index is 13.4. The molecule has 2 heterocycles. The van der Waals surface area contributed by atoms with Gasteiger partial charge in [0.05, 0.1) is 5.69 Å². The number of halogens is 1. The summed E-state index contributed by atoms with van der Waals surface area (Å²) in [5.74, 6) is -0.308. The molecule has 0 aliphatic carbocycles. The van der Waals surface area contributed by atoms with Gasteiger partial charge in [-0.05, 0) is 24.6 Å². The molecule has 0 atom stereocenters. The van der Waals surface area contributed by atoms with E-state index < -0.39 is 11.5 Å². The molecule has 7 heteroatoms. The van der Waals surface area contributed by atoms with E-state index in [1.165, 1.54) is 16.9 Å². The number of anilines is 1. The highest BCUT2D eigenvalue weighted by atomic mass is 35.5. The first kappa shape index (κ1) is 20.5. The number of amides is 1. The number of nitrogens with one attached hydrogen (secondary N) is 1. The molecule has 4 aromatic rings. The van der Waals surface area contributed by atoms with Crippen LogP contribution in [0.1, 0.15) is 17.3 Å². The molecule has 31 heavy (non-hydrogen) atoms. The molecular formula is C24H19ClN4O2. The van der Waals surface area contributed by atoms with Crippen molar-refractivity contribution in [1.82, 2.24) is 14.8 Å². The molecule has 1 amide bonds. The van der Waals surface area contributed by atoms with Gasteiger partial charge in [0.15, 0.2) is 0 Å². The normalized spacial score (nSPS) is 10.6. The Labute approximate surface area is 184 Å². The monoisotopic (exact) mass is 430 g/mol. The molecule has 0 saturated heterocycles. The number of carbonyl (C=O) groups excluding carboxylic acids is 1. The van der Waals surface area contributed by atoms with Crippen LogP contribution in [0.25, 0.3) is 22.4 Å². The number of nitrogens with zero attached hydrogens (tertiary/aromatic N) is 3. The fourth-order valence-electron chi connectivity index (χ4n) is 3.33. The van der Waals surface area contributed by atoms with Crippen molar-refractivity contribution in [3.63, 3.8) is 0 Å². The number of carbonyl (C=O) groups is 1. The highest BCUT2D eigenvalue weighted by Crippen LogP contribution is 2.32. The standard InChI is InChI=1S/C24H19ClN4O2/c1-2-29-24(31)21(23(30)27-19-15-18(25)13-14-26-19)20(16-9-5-3-6-10-16)22(28-29)17-11-7-4-8-12-17/h3-15H,2H2,1H3,(H,26,27,30). The molecule has 0 aliphatic rings. The lowest BCUT2D eigenvalue weighted by molar-refractivity contribution is 0.102. The second kappa shape index (κ2) is 8.93. The van der Waals surface area contributed by atoms with E-state index in [1.807, 2.05) is 67.6 Å². The van der Waals surface area contributed by atoms with Crippen molar-refractivity contribution in [3.05, 3.63) is 99.9 Å². The van der Waals surface area contributed by atoms with Crippen LogP contribution in [0.5, 0.6) is 0 Å². The van der Waals surface area contributed by atoms with Gasteiger partial charge in [0, 0.05) is 28.9 Å². The molecule has 154 valence electrons. The first-order valence-corrected chi connectivity index (χ1v) is 10.1. The van der Waals surface area contributed by atoms with E-state index >= 15 is 0 Å². The number of aromatic nitrogens is 3. The molecule has 1 N–H and O–H groups in total. The Morgan fingerprint density at radius 2 is 1.65 bits per heavy atom. The fourth-order valence-corrected chi connectivity index (χ4v) is 3.49. The third-order valence-electron chi connectivity index (χ3n) is 4.76. The molecule has 4 rings (SSSR count). The van der Waals surface area contributed by atoms with E-state index in [-0.39, 0.29) is 11.4 Å². The van der Waals surface area contributed by atoms with Crippen LogP contribution < -0.4 is 10.9 Å². The lowest BCUT2D eigenvalue weighted by Crippen LogP contribution is -2.32. The van der Waals surface area contributed by atoms with Crippen molar-refractivity contribution in [3.8, 4) is 22.4 Å². The minimum Gasteiger partial charge on any atom is -0.306 e. The maximum Gasteiger partial charge on any atom is 0.280 e. The molecule has 0 aliphatic heterocycles. The average Bonchev–Trinajstić information content (AvgIpc) is 2.79. The first-order valence-electron chi connectivity index (χ1n) is 9.77. The molecule has 0 spiro atoms. The fraction of sp³-hybridized carbons (Fsp3) is 0.0833. The van der Waals surface area contributed by atoms with Gasteiger partial charge in [-0.15, -0.1) is 0 Å². The molecule has 2 aromatic heterocycles. The lowest BCUT2D eigenvalue weighted by Gasteiger charge is -2.16. The van der Waals surface area contributed by atoms with E-state index in [4.69, 9.17) is 11.6 Å². The van der Waals surface area contributed by atoms with E-state index in [0.29, 0.717) is 22.8 Å². The van der Waals surface area contributed by atoms with E-state index in [0.717, 1.165) is 11.1 Å². The van der Waals surface area contributed by atoms with Crippen LogP contribution >= 0.6 is 11.6 Å². The molecule has 0 fully saturated rings. The summed E-state index contributed by atoms with van der Waals surface area (Å²) in [7, 11) is 0. The predicted molar refractivity (Wildman–Crippen MR) is 122 cm³/mol. The third-order valence-corrected chi connectivity index (χ3v) is 4.99. The van der Waals surface area contributed by atoms with Gasteiger partial charge in [-0.2, -0.15) is 5.10 Å². The zero-order valence-corrected chi connectivity index (χ0v) is 17.5. The van der Waals surface area contributed by atoms with Gasteiger partial charge in [-0.1, -0.05) is 72.3 Å². The van der Waals surface area contributed by atoms with Gasteiger partial charge < -0.3 is 5.32 Å². The summed E-state index contributed by atoms with van der Waals surface area (Å²) in [6.45, 7) is 2.13. The van der Waals surface area contributed by atoms with Crippen LogP contribution in [0.4, 0.5) is 5.82 Å². The van der Waals surface area contributed by atoms with Crippen molar-refractivity contribution in [2.24, 2.45) is 0 Å². The molecule has 0 bridgehead atoms. The topological polar surface area (TPSA) is 76.9 Å². The summed E-state index contributed by atoms with van der Waals surface area (Å²) >= 11 is 6.02. The molecule has 0 radical (unpaired) electrons. The van der Waals surface area contributed by atoms with Crippen molar-refractivity contribution < 1.29 is 4.79 Å². The summed E-state index contributed by atoms with van der Waals surface area (Å²) in [6.07, 6.45) is 1.49. The smallest absolute Gasteiger partial charge is 0.280 e. The average molecular weight is 431 g/mol. The molecule has 2 aromatic carbocycles. The van der Waals surface area contributed by atoms with Crippen LogP contribution in [0.15, 0.2) is 83.8 Å². The number of hydrogen-bond donors (Lipinski definition) is 1. The quantitative estimate of drug-likeness (QED) is 0.488. The molecule has 0 saturated carbocycles. The van der Waals surface area contributed by atoms with Gasteiger partial charge in [0.2, 0.25) is 0 Å². The summed E-state index contributed by atoms with van der Waals surface area (Å²) in [5.41, 5.74) is 2.08. The Balaban J connectivity index is 1.98. The van der Waals surface area contributed by atoms with Crippen LogP contribution in [0.3, 0.4) is 0 Å². The minimum atomic E-state index is -0.569. The minimum absolute atomic E-state index is 0.00341. The van der Waals surface area contributed by atoms with Gasteiger partial charge >= 0.3 is 0 Å². The Hall–Kier alpha value is -3.77. The van der Waals surface area contributed by atoms with Gasteiger partial charge in [-0.25, -0.2) is 9.67 Å². The third kappa shape index (κ3) is 4.25. The summed E-state index contributed by atoms with van der Waals surface area (Å²) in [6, 6.07) is 21.9. The number of hydrogen-bond acceptors (Lipinski definition) is 4. The number of benzene rings is 2. The Morgan fingerprint density at radius 1 is 1.00 bits per heavy atom. The SMILES string of the molecule is CCn1nc(-c2ccccc2)c(-c2ccccc2)c(C(=O)Nc2cc(Cl)ccn2)c1=O. The highest BCUT2D eigenvalue weighted by molar-refractivity contribution is 6.30. The van der Waals surface area contributed by atoms with Gasteiger partial charge in [0.1, 0.15) is 11.4 Å². The Kier molecular flexibility index (Phi) is 5.91. The van der Waals surface area contributed by atoms with Crippen LogP contribution in [0, 0.1) is 0 Å². The van der Waals surface area contributed by atoms with Gasteiger partial charge in [0.25, 0.3) is 11.5 Å².